The van der Waals surface area contributed by atoms with Gasteiger partial charge in [0, 0.05) is 17.6 Å². The van der Waals surface area contributed by atoms with Gasteiger partial charge in [-0.25, -0.2) is 0 Å². The lowest BCUT2D eigenvalue weighted by Gasteiger charge is -2.39. The predicted molar refractivity (Wildman–Crippen MR) is 80.1 cm³/mol. The normalized spacial score (nSPS) is 12.3. The number of hydrogen-bond donors (Lipinski definition) is 2. The summed E-state index contributed by atoms with van der Waals surface area (Å²) in [6.07, 6.45) is 0. The molecule has 1 aromatic carbocycles. The van der Waals surface area contributed by atoms with Gasteiger partial charge in [-0.15, -0.1) is 0 Å². The highest BCUT2D eigenvalue weighted by molar-refractivity contribution is 5.75. The van der Waals surface area contributed by atoms with Crippen LogP contribution in [0.3, 0.4) is 0 Å². The van der Waals surface area contributed by atoms with Gasteiger partial charge in [0.25, 0.3) is 0 Å². The molecule has 2 N–H and O–H groups in total. The van der Waals surface area contributed by atoms with Crippen LogP contribution in [-0.4, -0.2) is 23.7 Å². The number of aliphatic carboxylic acids is 1. The molecule has 0 saturated carbocycles. The average Bonchev–Trinajstić information content (AvgIpc) is 2.36. The minimum absolute atomic E-state index is 0.548. The maximum absolute atomic E-state index is 11.4. The molecule has 0 aromatic heterocycles. The van der Waals surface area contributed by atoms with E-state index in [1.54, 1.807) is 21.0 Å². The van der Waals surface area contributed by atoms with E-state index >= 15 is 0 Å². The van der Waals surface area contributed by atoms with Gasteiger partial charge in [0.2, 0.25) is 0 Å². The van der Waals surface area contributed by atoms with Crippen molar-refractivity contribution in [2.75, 3.05) is 7.11 Å². The Morgan fingerprint density at radius 2 is 1.90 bits per heavy atom. The molecule has 4 heteroatoms. The first-order valence-corrected chi connectivity index (χ1v) is 6.74. The van der Waals surface area contributed by atoms with Crippen LogP contribution in [0.15, 0.2) is 18.2 Å². The molecule has 0 atom stereocenters. The Morgan fingerprint density at radius 3 is 2.40 bits per heavy atom. The van der Waals surface area contributed by atoms with Gasteiger partial charge >= 0.3 is 5.97 Å². The third kappa shape index (κ3) is 3.31. The minimum Gasteiger partial charge on any atom is -0.496 e. The monoisotopic (exact) mass is 279 g/mol. The number of carbonyl (C=O) groups is 1. The van der Waals surface area contributed by atoms with Gasteiger partial charge in [-0.1, -0.05) is 17.7 Å². The number of nitrogens with one attached hydrogen (secondary N) is 1. The van der Waals surface area contributed by atoms with E-state index in [1.165, 1.54) is 0 Å². The molecule has 0 amide bonds. The highest BCUT2D eigenvalue weighted by Gasteiger charge is 2.43. The van der Waals surface area contributed by atoms with Crippen LogP contribution in [0.4, 0.5) is 0 Å². The third-order valence-electron chi connectivity index (χ3n) is 4.25. The van der Waals surface area contributed by atoms with Crippen molar-refractivity contribution in [1.29, 1.82) is 0 Å². The van der Waals surface area contributed by atoms with Crippen molar-refractivity contribution in [3.63, 3.8) is 0 Å². The van der Waals surface area contributed by atoms with Gasteiger partial charge in [0.1, 0.15) is 5.75 Å². The van der Waals surface area contributed by atoms with Gasteiger partial charge < -0.3 is 15.2 Å². The van der Waals surface area contributed by atoms with E-state index in [1.807, 2.05) is 32.9 Å². The SMILES string of the molecule is COc1ccc(C)cc1CNC(C)(C)C(C)(C)C(=O)O. The molecule has 0 spiro atoms. The van der Waals surface area contributed by atoms with E-state index in [0.29, 0.717) is 6.54 Å². The fourth-order valence-electron chi connectivity index (χ4n) is 1.85. The molecule has 0 fully saturated rings. The highest BCUT2D eigenvalue weighted by atomic mass is 16.5. The molecule has 20 heavy (non-hydrogen) atoms. The Kier molecular flexibility index (Phi) is 4.81. The van der Waals surface area contributed by atoms with Crippen molar-refractivity contribution in [2.45, 2.75) is 46.7 Å². The van der Waals surface area contributed by atoms with Crippen LogP contribution in [0.25, 0.3) is 0 Å². The first-order valence-electron chi connectivity index (χ1n) is 6.74. The van der Waals surface area contributed by atoms with E-state index in [9.17, 15) is 9.90 Å². The zero-order chi connectivity index (χ0) is 15.6. The number of carboxylic acid groups (broad SMARTS) is 1. The second-order valence-electron chi connectivity index (χ2n) is 6.22. The fraction of sp³-hybridized carbons (Fsp3) is 0.562. The maximum Gasteiger partial charge on any atom is 0.310 e. The lowest BCUT2D eigenvalue weighted by atomic mass is 9.74. The molecule has 0 aliphatic rings. The zero-order valence-corrected chi connectivity index (χ0v) is 13.2. The van der Waals surface area contributed by atoms with Crippen LogP contribution in [0, 0.1) is 12.3 Å². The lowest BCUT2D eigenvalue weighted by molar-refractivity contribution is -0.151. The Balaban J connectivity index is 2.91. The number of carboxylic acids is 1. The van der Waals surface area contributed by atoms with Crippen LogP contribution < -0.4 is 10.1 Å². The maximum atomic E-state index is 11.4. The molecule has 0 unspecified atom stereocenters. The van der Waals surface area contributed by atoms with Gasteiger partial charge in [-0.2, -0.15) is 0 Å². The lowest BCUT2D eigenvalue weighted by Crippen LogP contribution is -2.54. The summed E-state index contributed by atoms with van der Waals surface area (Å²) in [5.74, 6) is -0.00163. The Morgan fingerprint density at radius 1 is 1.30 bits per heavy atom. The van der Waals surface area contributed by atoms with Crippen molar-refractivity contribution < 1.29 is 14.6 Å². The van der Waals surface area contributed by atoms with Crippen LogP contribution in [-0.2, 0) is 11.3 Å². The Hall–Kier alpha value is -1.55. The molecule has 0 aliphatic heterocycles. The predicted octanol–water partition coefficient (Wildman–Crippen LogP) is 2.98. The van der Waals surface area contributed by atoms with E-state index in [2.05, 4.69) is 11.4 Å². The zero-order valence-electron chi connectivity index (χ0n) is 13.2. The van der Waals surface area contributed by atoms with Crippen molar-refractivity contribution in [3.8, 4) is 5.75 Å². The number of methoxy groups -OCH3 is 1. The van der Waals surface area contributed by atoms with Crippen LogP contribution in [0.2, 0.25) is 0 Å². The smallest absolute Gasteiger partial charge is 0.310 e. The second-order valence-corrected chi connectivity index (χ2v) is 6.22. The second kappa shape index (κ2) is 5.83. The fourth-order valence-corrected chi connectivity index (χ4v) is 1.85. The Bertz CT molecular complexity index is 492. The third-order valence-corrected chi connectivity index (χ3v) is 4.25. The minimum atomic E-state index is -0.871. The van der Waals surface area contributed by atoms with E-state index in [0.717, 1.165) is 16.9 Å². The Labute approximate surface area is 121 Å². The molecule has 0 heterocycles. The first-order chi connectivity index (χ1) is 9.11. The molecule has 1 rings (SSSR count). The molecular formula is C16H25NO3. The number of hydrogen-bond acceptors (Lipinski definition) is 3. The molecule has 112 valence electrons. The summed E-state index contributed by atoms with van der Waals surface area (Å²) in [5, 5.41) is 12.7. The number of ether oxygens (including phenoxy) is 1. The molecule has 0 aliphatic carbocycles. The summed E-state index contributed by atoms with van der Waals surface area (Å²) in [4.78, 5) is 11.4. The van der Waals surface area contributed by atoms with Crippen molar-refractivity contribution in [3.05, 3.63) is 29.3 Å². The van der Waals surface area contributed by atoms with Crippen molar-refractivity contribution in [2.24, 2.45) is 5.41 Å². The van der Waals surface area contributed by atoms with E-state index in [4.69, 9.17) is 4.74 Å². The number of aryl methyl sites for hydroxylation is 1. The molecular weight excluding hydrogens is 254 g/mol. The summed E-state index contributed by atoms with van der Waals surface area (Å²) in [6, 6.07) is 5.98. The van der Waals surface area contributed by atoms with Gasteiger partial charge in [-0.05, 0) is 40.7 Å². The van der Waals surface area contributed by atoms with E-state index in [-0.39, 0.29) is 0 Å². The summed E-state index contributed by atoms with van der Waals surface area (Å²) in [5.41, 5.74) is 0.761. The standard InChI is InChI=1S/C16H25NO3/c1-11-7-8-13(20-6)12(9-11)10-17-16(4,5)15(2,3)14(18)19/h7-9,17H,10H2,1-6H3,(H,18,19). The topological polar surface area (TPSA) is 58.6 Å². The van der Waals surface area contributed by atoms with Gasteiger partial charge in [0.05, 0.1) is 12.5 Å². The number of benzene rings is 1. The first kappa shape index (κ1) is 16.5. The highest BCUT2D eigenvalue weighted by Crippen LogP contribution is 2.31. The van der Waals surface area contributed by atoms with Crippen LogP contribution >= 0.6 is 0 Å². The quantitative estimate of drug-likeness (QED) is 0.840. The largest absolute Gasteiger partial charge is 0.496 e. The molecule has 1 aromatic rings. The molecule has 4 nitrogen and oxygen atoms in total. The van der Waals surface area contributed by atoms with Crippen molar-refractivity contribution in [1.82, 2.24) is 5.32 Å². The number of rotatable bonds is 6. The summed E-state index contributed by atoms with van der Waals surface area (Å²) < 4.78 is 5.34. The average molecular weight is 279 g/mol. The molecule has 0 saturated heterocycles. The van der Waals surface area contributed by atoms with Gasteiger partial charge in [0.15, 0.2) is 0 Å². The summed E-state index contributed by atoms with van der Waals surface area (Å²) in [6.45, 7) is 9.86. The molecule has 0 bridgehead atoms. The van der Waals surface area contributed by atoms with Crippen LogP contribution in [0.1, 0.15) is 38.8 Å². The van der Waals surface area contributed by atoms with Gasteiger partial charge in [-0.3, -0.25) is 4.79 Å². The van der Waals surface area contributed by atoms with Crippen LogP contribution in [0.5, 0.6) is 5.75 Å². The molecule has 0 radical (unpaired) electrons. The summed E-state index contributed by atoms with van der Waals surface area (Å²) in [7, 11) is 1.64. The summed E-state index contributed by atoms with van der Waals surface area (Å²) >= 11 is 0. The van der Waals surface area contributed by atoms with E-state index < -0.39 is 16.9 Å². The van der Waals surface area contributed by atoms with Crippen molar-refractivity contribution >= 4 is 5.97 Å².